The van der Waals surface area contributed by atoms with Crippen molar-refractivity contribution in [1.29, 1.82) is 0 Å². The molecule has 2 heterocycles. The lowest BCUT2D eigenvalue weighted by Gasteiger charge is -2.29. The molecule has 0 saturated heterocycles. The minimum Gasteiger partial charge on any atom is -0.444 e. The Morgan fingerprint density at radius 3 is 2.57 bits per heavy atom. The molecule has 1 atom stereocenters. The smallest absolute Gasteiger partial charge is 0.408 e. The van der Waals surface area contributed by atoms with Gasteiger partial charge >= 0.3 is 6.09 Å². The van der Waals surface area contributed by atoms with Crippen molar-refractivity contribution in [3.05, 3.63) is 53.3 Å². The number of benzene rings is 1. The Bertz CT molecular complexity index is 878. The number of carbonyl (C=O) groups is 2. The quantitative estimate of drug-likeness (QED) is 0.812. The number of rotatable bonds is 3. The fourth-order valence-electron chi connectivity index (χ4n) is 3.13. The van der Waals surface area contributed by atoms with Gasteiger partial charge in [-0.3, -0.25) is 4.79 Å². The summed E-state index contributed by atoms with van der Waals surface area (Å²) in [5.74, 6) is 0.725. The van der Waals surface area contributed by atoms with Gasteiger partial charge in [0.15, 0.2) is 12.4 Å². The van der Waals surface area contributed by atoms with Gasteiger partial charge in [0.2, 0.25) is 0 Å². The lowest BCUT2D eigenvalue weighted by molar-refractivity contribution is -0.377. The highest BCUT2D eigenvalue weighted by Crippen LogP contribution is 2.39. The number of fused-ring (bicyclic) bond motifs is 1. The Morgan fingerprint density at radius 2 is 1.89 bits per heavy atom. The zero-order valence-corrected chi connectivity index (χ0v) is 17.4. The lowest BCUT2D eigenvalue weighted by Crippen LogP contribution is -2.36. The molecule has 3 N–H and O–H groups in total. The molecule has 1 aromatic carbocycles. The van der Waals surface area contributed by atoms with Crippen LogP contribution in [0.1, 0.15) is 54.7 Å². The maximum absolute atomic E-state index is 12.7. The van der Waals surface area contributed by atoms with Crippen molar-refractivity contribution in [2.45, 2.75) is 50.7 Å². The van der Waals surface area contributed by atoms with Crippen LogP contribution in [0.25, 0.3) is 0 Å². The van der Waals surface area contributed by atoms with Crippen molar-refractivity contribution < 1.29 is 19.3 Å². The first kappa shape index (κ1) is 20.2. The molecular weight excluding hydrogens is 374 g/mol. The topological polar surface area (TPSA) is 81.6 Å². The number of nitrogens with one attached hydrogen (secondary N) is 3. The Hall–Kier alpha value is -2.54. The summed E-state index contributed by atoms with van der Waals surface area (Å²) in [6, 6.07) is 7.26. The molecule has 1 aliphatic heterocycles. The Morgan fingerprint density at radius 1 is 1.18 bits per heavy atom. The lowest BCUT2D eigenvalue weighted by atomic mass is 9.97. The van der Waals surface area contributed by atoms with Crippen LogP contribution < -0.4 is 15.6 Å². The molecule has 148 valence electrons. The summed E-state index contributed by atoms with van der Waals surface area (Å²) in [6.07, 6.45) is 3.93. The zero-order valence-electron chi connectivity index (χ0n) is 16.6. The third-order valence-corrected chi connectivity index (χ3v) is 5.65. The van der Waals surface area contributed by atoms with E-state index in [4.69, 9.17) is 4.74 Å². The molecule has 0 aliphatic carbocycles. The van der Waals surface area contributed by atoms with Gasteiger partial charge in [0.25, 0.3) is 5.91 Å². The monoisotopic (exact) mass is 400 g/mol. The second-order valence-electron chi connectivity index (χ2n) is 7.74. The van der Waals surface area contributed by atoms with Gasteiger partial charge in [-0.2, -0.15) is 0 Å². The van der Waals surface area contributed by atoms with Gasteiger partial charge in [0.05, 0.1) is 11.7 Å². The van der Waals surface area contributed by atoms with E-state index in [0.29, 0.717) is 5.56 Å². The van der Waals surface area contributed by atoms with Crippen LogP contribution in [0.3, 0.4) is 0 Å². The second kappa shape index (κ2) is 8.22. The number of alkyl carbamates (subject to hydrolysis) is 1. The molecule has 28 heavy (non-hydrogen) atoms. The van der Waals surface area contributed by atoms with Gasteiger partial charge in [-0.05, 0) is 51.3 Å². The zero-order chi connectivity index (χ0) is 20.3. The van der Waals surface area contributed by atoms with E-state index in [0.717, 1.165) is 33.9 Å². The minimum absolute atomic E-state index is 0.119. The number of thioether (sulfide) groups is 1. The summed E-state index contributed by atoms with van der Waals surface area (Å²) in [5, 5.41) is 5.89. The van der Waals surface area contributed by atoms with Crippen molar-refractivity contribution in [2.24, 2.45) is 0 Å². The molecule has 6 nitrogen and oxygen atoms in total. The Labute approximate surface area is 169 Å². The van der Waals surface area contributed by atoms with E-state index in [1.54, 1.807) is 36.3 Å². The summed E-state index contributed by atoms with van der Waals surface area (Å²) in [4.78, 5) is 28.9. The SMILES string of the molecule is Cc1c(C(=O)Nc2cc[nH+]cc2)ccc2c1SCCC2NC(=O)OC(C)(C)C. The fourth-order valence-corrected chi connectivity index (χ4v) is 4.39. The third-order valence-electron chi connectivity index (χ3n) is 4.38. The normalized spacial score (nSPS) is 16.1. The number of hydrogen-bond acceptors (Lipinski definition) is 4. The Kier molecular flexibility index (Phi) is 5.93. The van der Waals surface area contributed by atoms with Gasteiger partial charge in [0, 0.05) is 28.3 Å². The minimum atomic E-state index is -0.538. The fraction of sp³-hybridized carbons (Fsp3) is 0.381. The number of aromatic amines is 1. The molecule has 2 aromatic rings. The van der Waals surface area contributed by atoms with Crippen LogP contribution in [0.4, 0.5) is 10.5 Å². The first-order valence-corrected chi connectivity index (χ1v) is 10.3. The standard InChI is InChI=1S/C21H25N3O3S/c1-13-15(19(25)23-14-7-10-22-11-8-14)5-6-16-17(9-12-28-18(13)16)24-20(26)27-21(2,3)4/h5-8,10-11,17H,9,12H2,1-4H3,(H,24,26)(H,22,23,25)/p+1. The number of hydrogen-bond donors (Lipinski definition) is 2. The maximum atomic E-state index is 12.7. The van der Waals surface area contributed by atoms with Crippen molar-refractivity contribution in [1.82, 2.24) is 5.32 Å². The van der Waals surface area contributed by atoms with Crippen LogP contribution in [0.5, 0.6) is 0 Å². The highest BCUT2D eigenvalue weighted by atomic mass is 32.2. The van der Waals surface area contributed by atoms with Crippen molar-refractivity contribution in [3.63, 3.8) is 0 Å². The van der Waals surface area contributed by atoms with Crippen molar-refractivity contribution in [3.8, 4) is 0 Å². The van der Waals surface area contributed by atoms with E-state index in [1.165, 1.54) is 0 Å². The van der Waals surface area contributed by atoms with Crippen LogP contribution in [0, 0.1) is 6.92 Å². The summed E-state index contributed by atoms with van der Waals surface area (Å²) in [7, 11) is 0. The summed E-state index contributed by atoms with van der Waals surface area (Å²) in [6.45, 7) is 7.49. The van der Waals surface area contributed by atoms with Gasteiger partial charge < -0.3 is 15.4 Å². The van der Waals surface area contributed by atoms with E-state index >= 15 is 0 Å². The molecule has 2 amide bonds. The van der Waals surface area contributed by atoms with E-state index in [2.05, 4.69) is 15.6 Å². The average Bonchev–Trinajstić information content (AvgIpc) is 2.61. The summed E-state index contributed by atoms with van der Waals surface area (Å²) in [5.41, 5.74) is 2.79. The van der Waals surface area contributed by atoms with Crippen molar-refractivity contribution >= 4 is 29.4 Å². The maximum Gasteiger partial charge on any atom is 0.408 e. The van der Waals surface area contributed by atoms with Crippen LogP contribution >= 0.6 is 11.8 Å². The largest absolute Gasteiger partial charge is 0.444 e. The first-order valence-electron chi connectivity index (χ1n) is 9.28. The van der Waals surface area contributed by atoms with E-state index in [1.807, 2.05) is 39.8 Å². The highest BCUT2D eigenvalue weighted by Gasteiger charge is 2.27. The highest BCUT2D eigenvalue weighted by molar-refractivity contribution is 7.99. The van der Waals surface area contributed by atoms with Crippen LogP contribution in [0.2, 0.25) is 0 Å². The van der Waals surface area contributed by atoms with Crippen LogP contribution in [-0.4, -0.2) is 23.4 Å². The number of ether oxygens (including phenoxy) is 1. The number of H-pyrrole nitrogens is 1. The van der Waals surface area contributed by atoms with Crippen LogP contribution in [-0.2, 0) is 4.74 Å². The molecule has 0 spiro atoms. The molecule has 3 rings (SSSR count). The predicted octanol–water partition coefficient (Wildman–Crippen LogP) is 4.12. The van der Waals surface area contributed by atoms with E-state index in [9.17, 15) is 9.59 Å². The van der Waals surface area contributed by atoms with Gasteiger partial charge in [0.1, 0.15) is 5.60 Å². The number of pyridine rings is 1. The number of anilines is 1. The van der Waals surface area contributed by atoms with Crippen molar-refractivity contribution in [2.75, 3.05) is 11.1 Å². The molecular formula is C21H26N3O3S+. The number of aromatic nitrogens is 1. The molecule has 0 fully saturated rings. The van der Waals surface area contributed by atoms with Gasteiger partial charge in [-0.15, -0.1) is 11.8 Å². The predicted molar refractivity (Wildman–Crippen MR) is 110 cm³/mol. The molecule has 0 saturated carbocycles. The van der Waals surface area contributed by atoms with Gasteiger partial charge in [-0.25, -0.2) is 9.78 Å². The molecule has 7 heteroatoms. The van der Waals surface area contributed by atoms with Gasteiger partial charge in [-0.1, -0.05) is 6.07 Å². The number of amides is 2. The molecule has 1 unspecified atom stereocenters. The molecule has 0 bridgehead atoms. The summed E-state index contributed by atoms with van der Waals surface area (Å²) >= 11 is 1.72. The first-order chi connectivity index (χ1) is 13.2. The summed E-state index contributed by atoms with van der Waals surface area (Å²) < 4.78 is 5.39. The third kappa shape index (κ3) is 4.84. The molecule has 1 aliphatic rings. The molecule has 0 radical (unpaired) electrons. The van der Waals surface area contributed by atoms with E-state index in [-0.39, 0.29) is 11.9 Å². The molecule has 1 aromatic heterocycles. The van der Waals surface area contributed by atoms with Crippen LogP contribution in [0.15, 0.2) is 41.6 Å². The second-order valence-corrected chi connectivity index (χ2v) is 8.84. The average molecular weight is 401 g/mol. The Balaban J connectivity index is 1.80. The number of carbonyl (C=O) groups excluding carboxylic acids is 2. The van der Waals surface area contributed by atoms with E-state index < -0.39 is 11.7 Å².